The maximum Gasteiger partial charge on any atom is 0.120 e. The number of thiophene rings is 1. The van der Waals surface area contributed by atoms with Gasteiger partial charge in [0.25, 0.3) is 0 Å². The van der Waals surface area contributed by atoms with Crippen LogP contribution in [0.25, 0.3) is 137 Å². The van der Waals surface area contributed by atoms with Crippen molar-refractivity contribution >= 4 is 115 Å². The standard InChI is InChI=1S/C30H31N2Si.C24H26NOSi.C24H26NSSi.3C11H8N.3Ir/c1-21(2)17-23-19-27(31-20-30(23)33(3,4)5)22-15-16-29-26(18-22)25-13-9-10-14-28(25)32(29)24-11-7-6-8-12-24;2*1-16(2)12-18-14-21(25-15-24(18)27(3,4)5)17-10-11-23-20(13-17)19-8-6-7-9-22(19)26-23;3*1-2-6-10(7-3-1)11-8-4-5-9-12-11;;;/h6-14,16,18-21H,17H2,1-5H3;2*6-9,11,13-16H,12H2,1-5H3;3*1-6,8-9H;;;/q6*-1;;;. The zero-order valence-electron chi connectivity index (χ0n) is 74.4. The Morgan fingerprint density at radius 1 is 0.302 bits per heavy atom. The van der Waals surface area contributed by atoms with Gasteiger partial charge >= 0.3 is 0 Å². The molecule has 643 valence electrons. The smallest absolute Gasteiger partial charge is 0.120 e. The predicted octanol–water partition coefficient (Wildman–Crippen LogP) is 27.9. The summed E-state index contributed by atoms with van der Waals surface area (Å²) in [6, 6.07) is 117. The van der Waals surface area contributed by atoms with E-state index < -0.39 is 24.2 Å². The van der Waals surface area contributed by atoms with Crippen molar-refractivity contribution in [3.8, 4) is 73.2 Å². The first-order valence-electron chi connectivity index (χ1n) is 42.7. The fourth-order valence-electron chi connectivity index (χ4n) is 15.6. The van der Waals surface area contributed by atoms with Crippen LogP contribution in [0.5, 0.6) is 0 Å². The Hall–Kier alpha value is -10.5. The van der Waals surface area contributed by atoms with E-state index in [2.05, 4.69) is 314 Å². The van der Waals surface area contributed by atoms with Crippen LogP contribution < -0.4 is 15.6 Å². The Labute approximate surface area is 793 Å². The molecule has 0 N–H and O–H groups in total. The maximum absolute atomic E-state index is 5.94. The monoisotopic (exact) mass is 2250 g/mol. The van der Waals surface area contributed by atoms with Gasteiger partial charge in [0, 0.05) is 119 Å². The third-order valence-electron chi connectivity index (χ3n) is 21.3. The van der Waals surface area contributed by atoms with E-state index in [1.807, 2.05) is 157 Å². The summed E-state index contributed by atoms with van der Waals surface area (Å²) < 4.78 is 10.9. The van der Waals surface area contributed by atoms with Gasteiger partial charge in [0.15, 0.2) is 0 Å². The molecule has 9 aromatic heterocycles. The first kappa shape index (κ1) is 96.2. The van der Waals surface area contributed by atoms with E-state index >= 15 is 0 Å². The van der Waals surface area contributed by atoms with Crippen LogP contribution in [0.2, 0.25) is 58.9 Å². The Bertz CT molecular complexity index is 6230. The van der Waals surface area contributed by atoms with Crippen molar-refractivity contribution < 1.29 is 64.7 Å². The minimum absolute atomic E-state index is 0. The van der Waals surface area contributed by atoms with Crippen LogP contribution in [0.3, 0.4) is 0 Å². The quantitative estimate of drug-likeness (QED) is 0.0702. The third kappa shape index (κ3) is 24.4. The predicted molar refractivity (Wildman–Crippen MR) is 530 cm³/mol. The summed E-state index contributed by atoms with van der Waals surface area (Å²) >= 11 is 1.84. The summed E-state index contributed by atoms with van der Waals surface area (Å²) in [5.74, 6) is 1.88. The second-order valence-electron chi connectivity index (χ2n) is 35.5. The minimum Gasteiger partial charge on any atom is -0.500 e. The van der Waals surface area contributed by atoms with Gasteiger partial charge in [-0.25, -0.2) is 0 Å². The molecule has 0 aliphatic carbocycles. The SMILES string of the molecule is CC(C)Cc1cc(-c2[c-]cc3c(c2)c2ccccc2n3-c2ccccc2)ncc1[Si](C)(C)C.CC(C)Cc1cc(-c2[c-]cc3oc4ccccc4c3c2)ncc1[Si](C)(C)C.CC(C)Cc1cc(-c2[c-]cc3sc4ccccc4c3c2)ncc1[Si](C)(C)C.[Ir].[Ir].[Ir].[c-]1ccccc1-c1ccccn1.[c-]1ccccc1-c1ccccn1.[c-]1ccccc1-c1ccccn1. The van der Waals surface area contributed by atoms with Crippen molar-refractivity contribution in [2.75, 3.05) is 0 Å². The van der Waals surface area contributed by atoms with E-state index in [1.54, 1.807) is 18.6 Å². The second kappa shape index (κ2) is 44.3. The molecule has 0 aliphatic rings. The number of hydrogen-bond acceptors (Lipinski definition) is 8. The maximum atomic E-state index is 5.94. The molecule has 19 rings (SSSR count). The summed E-state index contributed by atoms with van der Waals surface area (Å²) in [5, 5.41) is 11.8. The van der Waals surface area contributed by atoms with E-state index in [-0.39, 0.29) is 60.3 Å². The molecule has 0 unspecified atom stereocenters. The molecule has 15 heteroatoms. The van der Waals surface area contributed by atoms with Gasteiger partial charge in [-0.1, -0.05) is 261 Å². The fraction of sp³-hybridized carbons (Fsp3) is 0.189. The van der Waals surface area contributed by atoms with Crippen molar-refractivity contribution in [2.45, 2.75) is 120 Å². The summed E-state index contributed by atoms with van der Waals surface area (Å²) in [5.41, 5.74) is 22.0. The van der Waals surface area contributed by atoms with Crippen LogP contribution in [0.1, 0.15) is 58.2 Å². The number of furan rings is 1. The molecular weight excluding hydrogens is 2140 g/mol. The van der Waals surface area contributed by atoms with Crippen LogP contribution in [0.15, 0.2) is 327 Å². The minimum atomic E-state index is -1.46. The van der Waals surface area contributed by atoms with Crippen LogP contribution in [-0.4, -0.2) is 58.7 Å². The molecule has 0 fully saturated rings. The molecule has 19 aromatic rings. The molecule has 10 aromatic carbocycles. The molecule has 0 saturated heterocycles. The van der Waals surface area contributed by atoms with E-state index in [4.69, 9.17) is 19.4 Å². The molecule has 0 amide bonds. The number of hydrogen-bond donors (Lipinski definition) is 0. The van der Waals surface area contributed by atoms with Crippen LogP contribution in [0.4, 0.5) is 0 Å². The van der Waals surface area contributed by atoms with Gasteiger partial charge in [-0.3, -0.25) is 0 Å². The number of aromatic nitrogens is 7. The van der Waals surface area contributed by atoms with Gasteiger partial charge in [0.1, 0.15) is 5.58 Å². The van der Waals surface area contributed by atoms with Gasteiger partial charge in [-0.2, -0.15) is 11.3 Å². The first-order valence-corrected chi connectivity index (χ1v) is 54.0. The van der Waals surface area contributed by atoms with Crippen molar-refractivity contribution in [1.82, 2.24) is 34.5 Å². The largest absolute Gasteiger partial charge is 0.500 e. The van der Waals surface area contributed by atoms with Crippen LogP contribution in [-0.2, 0) is 79.6 Å². The molecule has 8 nitrogen and oxygen atoms in total. The fourth-order valence-corrected chi connectivity index (χ4v) is 21.4. The Kier molecular flexibility index (Phi) is 33.8. The molecule has 0 bridgehead atoms. The van der Waals surface area contributed by atoms with Gasteiger partial charge in [0.05, 0.1) is 29.8 Å². The molecule has 0 atom stereocenters. The van der Waals surface area contributed by atoms with Crippen molar-refractivity contribution in [3.05, 3.63) is 375 Å². The number of rotatable bonds is 16. The average Bonchev–Trinajstić information content (AvgIpc) is 1.59. The summed E-state index contributed by atoms with van der Waals surface area (Å²) in [4.78, 5) is 27.3. The molecule has 3 radical (unpaired) electrons. The van der Waals surface area contributed by atoms with Crippen LogP contribution in [0, 0.1) is 54.2 Å². The van der Waals surface area contributed by atoms with E-state index in [0.717, 1.165) is 109 Å². The Morgan fingerprint density at radius 3 is 1.11 bits per heavy atom. The second-order valence-corrected chi connectivity index (χ2v) is 51.7. The molecule has 0 aliphatic heterocycles. The number of nitrogens with zero attached hydrogens (tertiary/aromatic N) is 7. The molecular formula is C111H107Ir3N7OSSi3-6. The Morgan fingerprint density at radius 2 is 0.683 bits per heavy atom. The summed E-state index contributed by atoms with van der Waals surface area (Å²) in [7, 11) is -4.29. The van der Waals surface area contributed by atoms with E-state index in [1.165, 1.54) is 79.9 Å². The van der Waals surface area contributed by atoms with E-state index in [0.29, 0.717) is 17.8 Å². The van der Waals surface area contributed by atoms with Gasteiger partial charge in [0.2, 0.25) is 0 Å². The molecule has 0 spiro atoms. The van der Waals surface area contributed by atoms with Gasteiger partial charge in [-0.15, -0.1) is 179 Å². The number of benzene rings is 10. The molecule has 126 heavy (non-hydrogen) atoms. The number of fused-ring (bicyclic) bond motifs is 9. The first-order chi connectivity index (χ1) is 59.4. The topological polar surface area (TPSA) is 95.4 Å². The van der Waals surface area contributed by atoms with E-state index in [9.17, 15) is 0 Å². The van der Waals surface area contributed by atoms with Gasteiger partial charge in [-0.05, 0) is 156 Å². The number of pyridine rings is 6. The van der Waals surface area contributed by atoms with Crippen molar-refractivity contribution in [1.29, 1.82) is 0 Å². The zero-order chi connectivity index (χ0) is 86.2. The van der Waals surface area contributed by atoms with Crippen molar-refractivity contribution in [2.24, 2.45) is 17.8 Å². The molecule has 9 heterocycles. The zero-order valence-corrected chi connectivity index (χ0v) is 85.4. The normalized spacial score (nSPS) is 11.3. The summed E-state index contributed by atoms with van der Waals surface area (Å²) in [6.07, 6.45) is 15.1. The van der Waals surface area contributed by atoms with Gasteiger partial charge < -0.3 is 38.9 Å². The van der Waals surface area contributed by atoms with Crippen LogP contribution >= 0.6 is 11.3 Å². The molecule has 0 saturated carbocycles. The third-order valence-corrected chi connectivity index (χ3v) is 28.6. The number of para-hydroxylation sites is 3. The van der Waals surface area contributed by atoms with Crippen molar-refractivity contribution in [3.63, 3.8) is 0 Å². The summed E-state index contributed by atoms with van der Waals surface area (Å²) in [6.45, 7) is 35.4. The Balaban J connectivity index is 0.000000153. The average molecular weight is 2250 g/mol.